The normalized spacial score (nSPS) is 55.0. The fourth-order valence-electron chi connectivity index (χ4n) is 24.3. The van der Waals surface area contributed by atoms with Crippen LogP contribution in [0.3, 0.4) is 0 Å². The van der Waals surface area contributed by atoms with Gasteiger partial charge in [0.05, 0.1) is 61.9 Å². The van der Waals surface area contributed by atoms with Crippen molar-refractivity contribution in [2.75, 3.05) is 27.4 Å². The molecule has 0 bridgehead atoms. The van der Waals surface area contributed by atoms with Gasteiger partial charge in [0.2, 0.25) is 0 Å². The van der Waals surface area contributed by atoms with E-state index in [1.807, 2.05) is 14.2 Å². The summed E-state index contributed by atoms with van der Waals surface area (Å²) in [7, 11) is 3.85. The Kier molecular flexibility index (Phi) is 13.8. The number of aliphatic hydroxyl groups excluding tert-OH is 3. The summed E-state index contributed by atoms with van der Waals surface area (Å²) in [5.41, 5.74) is 2.21. The maximum atomic E-state index is 12.1. The molecule has 11 heteroatoms. The van der Waals surface area contributed by atoms with Crippen LogP contribution in [0.15, 0.2) is 0 Å². The van der Waals surface area contributed by atoms with E-state index in [9.17, 15) is 29.7 Å². The Bertz CT molecular complexity index is 2180. The fraction of sp³-hybridized carbons (Fsp3) is 0.952. The molecule has 420 valence electrons. The van der Waals surface area contributed by atoms with Crippen molar-refractivity contribution in [1.82, 2.24) is 0 Å². The zero-order valence-corrected chi connectivity index (χ0v) is 48.8. The Morgan fingerprint density at radius 3 is 1.55 bits per heavy atom. The van der Waals surface area contributed by atoms with E-state index in [1.54, 1.807) is 0 Å². The molecular weight excluding hydrogens is 933 g/mol. The summed E-state index contributed by atoms with van der Waals surface area (Å²) in [5.74, 6) is 4.09. The fourth-order valence-corrected chi connectivity index (χ4v) is 24.3. The topological polar surface area (TPSA) is 158 Å². The number of methoxy groups -OCH3 is 2. The quantitative estimate of drug-likeness (QED) is 0.165. The van der Waals surface area contributed by atoms with Crippen LogP contribution in [0.4, 0.5) is 0 Å². The number of hydrogen-bond acceptors (Lipinski definition) is 11. The summed E-state index contributed by atoms with van der Waals surface area (Å²) in [6.45, 7) is 29.1. The van der Waals surface area contributed by atoms with Gasteiger partial charge in [-0.2, -0.15) is 0 Å². The van der Waals surface area contributed by atoms with Gasteiger partial charge in [-0.1, -0.05) is 69.2 Å². The molecule has 4 spiro atoms. The summed E-state index contributed by atoms with van der Waals surface area (Å²) < 4.78 is 31.0. The van der Waals surface area contributed by atoms with Crippen LogP contribution >= 0.6 is 0 Å². The molecule has 10 saturated carbocycles. The molecule has 12 aliphatic rings. The Balaban J connectivity index is 0.000000150. The van der Waals surface area contributed by atoms with Crippen LogP contribution < -0.4 is 0 Å². The molecule has 0 amide bonds. The highest BCUT2D eigenvalue weighted by molar-refractivity contribution is 5.96. The molecular formula is C63H102O11. The van der Waals surface area contributed by atoms with Gasteiger partial charge in [0.1, 0.15) is 18.2 Å². The minimum atomic E-state index is -0.483. The average molecular weight is 1040 g/mol. The van der Waals surface area contributed by atoms with Gasteiger partial charge in [0.25, 0.3) is 0 Å². The van der Waals surface area contributed by atoms with E-state index < -0.39 is 6.10 Å². The number of carbonyl (C=O) groups excluding carboxylic acids is 3. The van der Waals surface area contributed by atoms with Gasteiger partial charge in [-0.05, 0) is 207 Å². The van der Waals surface area contributed by atoms with Crippen LogP contribution in [-0.4, -0.2) is 109 Å². The first kappa shape index (κ1) is 55.8. The third-order valence-corrected chi connectivity index (χ3v) is 27.3. The molecule has 0 radical (unpaired) electrons. The SMILES string of the molecule is CC(=O)CC(C)=O.CC(=O)OC[C@H]1C[C@@H](C)[C@H]2[C@H](O1)[C@H](O)[C@@]1(C)[C@@H]3CC[C@H]4C(C)(C)[C@@H](O)CC[C@@]45C[C@@]35CC[C@]21C.CO[C@H]1CC[C@]23C[C@]24CC[C@]2(C)[C@@H]5[C@H](O[C@@H](CO)C[C@H]5C)[C@H](OC)[C@@]2(C)[C@@H]4CC[C@H]3C1(C)C. The van der Waals surface area contributed by atoms with Gasteiger partial charge < -0.3 is 39.0 Å². The van der Waals surface area contributed by atoms with E-state index in [-0.39, 0.29) is 99.7 Å². The second-order valence-corrected chi connectivity index (χ2v) is 30.3. The molecule has 2 saturated heterocycles. The third-order valence-electron chi connectivity index (χ3n) is 27.3. The largest absolute Gasteiger partial charge is 0.463 e. The van der Waals surface area contributed by atoms with Crippen molar-refractivity contribution in [3.8, 4) is 0 Å². The number of carbonyl (C=O) groups is 3. The van der Waals surface area contributed by atoms with Gasteiger partial charge in [0, 0.05) is 32.0 Å². The van der Waals surface area contributed by atoms with Crippen molar-refractivity contribution >= 4 is 17.5 Å². The first-order valence-corrected chi connectivity index (χ1v) is 30.0. The predicted octanol–water partition coefficient (Wildman–Crippen LogP) is 10.7. The standard InChI is InChI=1S/C29H46O5.C29H48O4.C5H8O2/c1-16-13-18(14-33-17(2)30)34-23-22(16)26(5)11-12-29-15-28(29)10-9-21(31)25(3,4)19(28)7-8-20(29)27(26,6)24(23)32;1-17-14-18(15-30)33-23-22(17)26(4)12-13-29-16-28(29)11-10-21(31-6)25(2,3)19(28)8-9-20(29)27(26,5)24(23)32-7;1-4(6)3-5(2)7/h16,18-24,31-32H,7-15H2,1-6H3;17-24,30H,8-16H2,1-7H3;3H2,1-2H3/t16-,18-,19+,20+,21+,22+,23+,24+,26-,27-,28-,29+;17-,18-,19+,20+,21+,22+,23+,24+,26-,27-,28-,29+;/m11./s1. The molecule has 0 aromatic carbocycles. The van der Waals surface area contributed by atoms with Crippen molar-refractivity contribution in [3.05, 3.63) is 0 Å². The Morgan fingerprint density at radius 1 is 0.568 bits per heavy atom. The lowest BCUT2D eigenvalue weighted by Crippen LogP contribution is -2.60. The first-order chi connectivity index (χ1) is 34.5. The zero-order chi connectivity index (χ0) is 53.9. The van der Waals surface area contributed by atoms with Crippen molar-refractivity contribution in [3.63, 3.8) is 0 Å². The summed E-state index contributed by atoms with van der Waals surface area (Å²) in [6, 6.07) is 0. The van der Waals surface area contributed by atoms with Crippen molar-refractivity contribution in [2.45, 2.75) is 248 Å². The maximum Gasteiger partial charge on any atom is 0.302 e. The van der Waals surface area contributed by atoms with Crippen LogP contribution in [0.25, 0.3) is 0 Å². The molecule has 11 nitrogen and oxygen atoms in total. The molecule has 2 aliphatic heterocycles. The number of aliphatic hydroxyl groups is 3. The molecule has 74 heavy (non-hydrogen) atoms. The number of rotatable bonds is 7. The summed E-state index contributed by atoms with van der Waals surface area (Å²) in [5, 5.41) is 32.9. The number of Topliss-reactive ketones (excluding diaryl/α,β-unsaturated/α-hetero) is 2. The van der Waals surface area contributed by atoms with Gasteiger partial charge in [-0.25, -0.2) is 0 Å². The van der Waals surface area contributed by atoms with Crippen LogP contribution in [0.5, 0.6) is 0 Å². The van der Waals surface area contributed by atoms with Crippen LogP contribution in [0.1, 0.15) is 199 Å². The van der Waals surface area contributed by atoms with Crippen LogP contribution in [0.2, 0.25) is 0 Å². The van der Waals surface area contributed by atoms with E-state index >= 15 is 0 Å². The summed E-state index contributed by atoms with van der Waals surface area (Å²) in [6.07, 6.45) is 19.1. The van der Waals surface area contributed by atoms with Gasteiger partial charge in [0.15, 0.2) is 0 Å². The molecule has 3 N–H and O–H groups in total. The van der Waals surface area contributed by atoms with E-state index in [2.05, 4.69) is 69.2 Å². The highest BCUT2D eigenvalue weighted by Crippen LogP contribution is 2.91. The first-order valence-electron chi connectivity index (χ1n) is 30.0. The highest BCUT2D eigenvalue weighted by atomic mass is 16.6. The second kappa shape index (κ2) is 18.3. The van der Waals surface area contributed by atoms with Gasteiger partial charge >= 0.3 is 5.97 Å². The predicted molar refractivity (Wildman–Crippen MR) is 283 cm³/mol. The number of esters is 1. The minimum absolute atomic E-state index is 0.0157. The van der Waals surface area contributed by atoms with E-state index in [1.165, 1.54) is 85.0 Å². The lowest BCUT2D eigenvalue weighted by atomic mass is 9.41. The minimum Gasteiger partial charge on any atom is -0.463 e. The zero-order valence-electron chi connectivity index (χ0n) is 48.8. The van der Waals surface area contributed by atoms with Crippen LogP contribution in [0, 0.1) is 101 Å². The average Bonchev–Trinajstić information content (AvgIpc) is 4.16. The van der Waals surface area contributed by atoms with Gasteiger partial charge in [-0.3, -0.25) is 14.4 Å². The molecule has 0 unspecified atom stereocenters. The van der Waals surface area contributed by atoms with E-state index in [4.69, 9.17) is 23.7 Å². The van der Waals surface area contributed by atoms with E-state index in [0.29, 0.717) is 75.8 Å². The van der Waals surface area contributed by atoms with Gasteiger partial charge in [-0.15, -0.1) is 0 Å². The number of fused-ring (bicyclic) bond motifs is 8. The maximum absolute atomic E-state index is 12.1. The molecule has 0 aromatic rings. The second-order valence-electron chi connectivity index (χ2n) is 30.3. The smallest absolute Gasteiger partial charge is 0.302 e. The Morgan fingerprint density at radius 2 is 1.04 bits per heavy atom. The van der Waals surface area contributed by atoms with Crippen molar-refractivity contribution in [2.24, 2.45) is 101 Å². The molecule has 10 aliphatic carbocycles. The monoisotopic (exact) mass is 1030 g/mol. The molecule has 12 fully saturated rings. The number of ether oxygens (including phenoxy) is 5. The Labute approximate surface area is 446 Å². The third kappa shape index (κ3) is 7.21. The number of hydrogen-bond donors (Lipinski definition) is 3. The van der Waals surface area contributed by atoms with Crippen molar-refractivity contribution in [1.29, 1.82) is 0 Å². The van der Waals surface area contributed by atoms with E-state index in [0.717, 1.165) is 44.4 Å². The number of ketones is 2. The lowest BCUT2D eigenvalue weighted by molar-refractivity contribution is -0.190. The molecule has 0 aromatic heterocycles. The lowest BCUT2D eigenvalue weighted by Gasteiger charge is -2.64. The van der Waals surface area contributed by atoms with Crippen LogP contribution in [-0.2, 0) is 38.1 Å². The van der Waals surface area contributed by atoms with Crippen molar-refractivity contribution < 1.29 is 53.4 Å². The Hall–Kier alpha value is -1.47. The summed E-state index contributed by atoms with van der Waals surface area (Å²) >= 11 is 0. The molecule has 2 heterocycles. The molecule has 12 rings (SSSR count). The summed E-state index contributed by atoms with van der Waals surface area (Å²) in [4.78, 5) is 31.5. The molecule has 24 atom stereocenters. The highest BCUT2D eigenvalue weighted by Gasteiger charge is 2.86.